The Morgan fingerprint density at radius 3 is 2.50 bits per heavy atom. The van der Waals surface area contributed by atoms with Gasteiger partial charge in [-0.1, -0.05) is 35.9 Å². The molecule has 1 aromatic heterocycles. The van der Waals surface area contributed by atoms with Crippen molar-refractivity contribution < 1.29 is 5.11 Å². The molecule has 24 heavy (non-hydrogen) atoms. The highest BCUT2D eigenvalue weighted by molar-refractivity contribution is 6.31. The van der Waals surface area contributed by atoms with Crippen LogP contribution in [0.2, 0.25) is 5.02 Å². The van der Waals surface area contributed by atoms with Crippen molar-refractivity contribution in [2.75, 3.05) is 0 Å². The third-order valence-electron chi connectivity index (χ3n) is 3.94. The molecule has 2 aromatic carbocycles. The van der Waals surface area contributed by atoms with Gasteiger partial charge in [0, 0.05) is 16.1 Å². The Morgan fingerprint density at radius 1 is 1.04 bits per heavy atom. The Bertz CT molecular complexity index is 974. The van der Waals surface area contributed by atoms with Gasteiger partial charge in [-0.15, -0.1) is 0 Å². The summed E-state index contributed by atoms with van der Waals surface area (Å²) in [5, 5.41) is 19.9. The lowest BCUT2D eigenvalue weighted by Crippen LogP contribution is -1.96. The van der Waals surface area contributed by atoms with Gasteiger partial charge < -0.3 is 5.11 Å². The molecule has 3 nitrogen and oxygen atoms in total. The summed E-state index contributed by atoms with van der Waals surface area (Å²) in [7, 11) is 0. The second-order valence-corrected chi connectivity index (χ2v) is 6.05. The molecule has 0 saturated heterocycles. The molecule has 0 amide bonds. The summed E-state index contributed by atoms with van der Waals surface area (Å²) in [5.41, 5.74) is 5.30. The third-order valence-corrected chi connectivity index (χ3v) is 4.34. The minimum absolute atomic E-state index is 0.177. The van der Waals surface area contributed by atoms with E-state index in [4.69, 9.17) is 11.6 Å². The lowest BCUT2D eigenvalue weighted by molar-refractivity contribution is 0.475. The van der Waals surface area contributed by atoms with Crippen LogP contribution < -0.4 is 0 Å². The second-order valence-electron chi connectivity index (χ2n) is 5.64. The van der Waals surface area contributed by atoms with Gasteiger partial charge >= 0.3 is 0 Å². The summed E-state index contributed by atoms with van der Waals surface area (Å²) < 4.78 is 0. The smallest absolute Gasteiger partial charge is 0.116 e. The van der Waals surface area contributed by atoms with E-state index in [1.807, 2.05) is 44.2 Å². The number of aryl methyl sites for hydroxylation is 2. The van der Waals surface area contributed by atoms with Crippen molar-refractivity contribution in [1.82, 2.24) is 4.98 Å². The molecule has 0 atom stereocenters. The number of nitriles is 1. The molecule has 4 heteroatoms. The first-order valence-corrected chi connectivity index (χ1v) is 7.85. The summed E-state index contributed by atoms with van der Waals surface area (Å²) >= 11 is 6.25. The number of halogens is 1. The predicted molar refractivity (Wildman–Crippen MR) is 96.0 cm³/mol. The van der Waals surface area contributed by atoms with Gasteiger partial charge in [-0.2, -0.15) is 5.26 Å². The van der Waals surface area contributed by atoms with Gasteiger partial charge in [-0.05, 0) is 49.2 Å². The van der Waals surface area contributed by atoms with Gasteiger partial charge in [-0.25, -0.2) is 0 Å². The van der Waals surface area contributed by atoms with Crippen LogP contribution in [0.3, 0.4) is 0 Å². The van der Waals surface area contributed by atoms with E-state index >= 15 is 0 Å². The lowest BCUT2D eigenvalue weighted by Gasteiger charge is -2.11. The molecule has 0 unspecified atom stereocenters. The van der Waals surface area contributed by atoms with Crippen molar-refractivity contribution in [3.63, 3.8) is 0 Å². The van der Waals surface area contributed by atoms with E-state index in [1.165, 1.54) is 0 Å². The molecule has 0 aliphatic rings. The van der Waals surface area contributed by atoms with Crippen LogP contribution in [-0.4, -0.2) is 10.1 Å². The maximum Gasteiger partial charge on any atom is 0.116 e. The standard InChI is InChI=1S/C20H15ClN2O/c1-12-6-7-14(9-19(12)21)17-10-20(23-13(2)18(17)11-22)15-4-3-5-16(24)8-15/h3-10,24H,1-2H3. The Labute approximate surface area is 145 Å². The number of benzene rings is 2. The molecule has 0 fully saturated rings. The largest absolute Gasteiger partial charge is 0.508 e. The fourth-order valence-electron chi connectivity index (χ4n) is 2.61. The second kappa shape index (κ2) is 6.35. The molecular formula is C20H15ClN2O. The van der Waals surface area contributed by atoms with Crippen molar-refractivity contribution in [3.05, 3.63) is 70.4 Å². The number of nitrogens with zero attached hydrogens (tertiary/aromatic N) is 2. The van der Waals surface area contributed by atoms with Gasteiger partial charge in [0.2, 0.25) is 0 Å². The van der Waals surface area contributed by atoms with Crippen LogP contribution in [0, 0.1) is 25.2 Å². The Morgan fingerprint density at radius 2 is 1.83 bits per heavy atom. The maximum atomic E-state index is 9.70. The van der Waals surface area contributed by atoms with E-state index in [1.54, 1.807) is 18.2 Å². The van der Waals surface area contributed by atoms with E-state index in [9.17, 15) is 10.4 Å². The van der Waals surface area contributed by atoms with Crippen molar-refractivity contribution in [2.45, 2.75) is 13.8 Å². The number of hydrogen-bond acceptors (Lipinski definition) is 3. The van der Waals surface area contributed by atoms with Crippen molar-refractivity contribution in [1.29, 1.82) is 5.26 Å². The highest BCUT2D eigenvalue weighted by atomic mass is 35.5. The van der Waals surface area contributed by atoms with E-state index in [2.05, 4.69) is 11.1 Å². The molecule has 0 saturated carbocycles. The van der Waals surface area contributed by atoms with Crippen molar-refractivity contribution in [2.24, 2.45) is 0 Å². The van der Waals surface area contributed by atoms with E-state index < -0.39 is 0 Å². The lowest BCUT2D eigenvalue weighted by atomic mass is 9.96. The minimum Gasteiger partial charge on any atom is -0.508 e. The van der Waals surface area contributed by atoms with Crippen LogP contribution in [0.15, 0.2) is 48.5 Å². The van der Waals surface area contributed by atoms with Crippen LogP contribution >= 0.6 is 11.6 Å². The minimum atomic E-state index is 0.177. The monoisotopic (exact) mass is 334 g/mol. The SMILES string of the molecule is Cc1ccc(-c2cc(-c3cccc(O)c3)nc(C)c2C#N)cc1Cl. The van der Waals surface area contributed by atoms with Gasteiger partial charge in [0.05, 0.1) is 17.0 Å². The summed E-state index contributed by atoms with van der Waals surface area (Å²) in [6.45, 7) is 3.75. The number of aromatic nitrogens is 1. The first-order chi connectivity index (χ1) is 11.5. The zero-order valence-electron chi connectivity index (χ0n) is 13.3. The van der Waals surface area contributed by atoms with Gasteiger partial charge in [-0.3, -0.25) is 4.98 Å². The zero-order chi connectivity index (χ0) is 17.3. The average molecular weight is 335 g/mol. The van der Waals surface area contributed by atoms with Crippen molar-refractivity contribution >= 4 is 11.6 Å². The number of rotatable bonds is 2. The molecule has 3 rings (SSSR count). The molecule has 0 bridgehead atoms. The van der Waals surface area contributed by atoms with E-state index in [-0.39, 0.29) is 5.75 Å². The van der Waals surface area contributed by atoms with Crippen LogP contribution in [0.4, 0.5) is 0 Å². The van der Waals surface area contributed by atoms with E-state index in [0.29, 0.717) is 22.0 Å². The number of phenols is 1. The predicted octanol–water partition coefficient (Wildman–Crippen LogP) is 5.26. The van der Waals surface area contributed by atoms with Gasteiger partial charge in [0.15, 0.2) is 0 Å². The first-order valence-electron chi connectivity index (χ1n) is 7.47. The molecule has 0 aliphatic heterocycles. The van der Waals surface area contributed by atoms with Crippen LogP contribution in [0.25, 0.3) is 22.4 Å². The molecule has 1 heterocycles. The van der Waals surface area contributed by atoms with Gasteiger partial charge in [0.25, 0.3) is 0 Å². The summed E-state index contributed by atoms with van der Waals surface area (Å²) in [5.74, 6) is 0.177. The third kappa shape index (κ3) is 2.97. The maximum absolute atomic E-state index is 9.70. The first kappa shape index (κ1) is 16.0. The molecule has 118 valence electrons. The summed E-state index contributed by atoms with van der Waals surface area (Å²) in [4.78, 5) is 4.51. The Balaban J connectivity index is 2.24. The number of pyridine rings is 1. The number of aromatic hydroxyl groups is 1. The van der Waals surface area contributed by atoms with Crippen LogP contribution in [0.5, 0.6) is 5.75 Å². The van der Waals surface area contributed by atoms with E-state index in [0.717, 1.165) is 22.3 Å². The molecule has 0 aliphatic carbocycles. The van der Waals surface area contributed by atoms with Crippen molar-refractivity contribution in [3.8, 4) is 34.2 Å². The average Bonchev–Trinajstić information content (AvgIpc) is 2.56. The van der Waals surface area contributed by atoms with Crippen LogP contribution in [-0.2, 0) is 0 Å². The molecular weight excluding hydrogens is 320 g/mol. The molecule has 0 spiro atoms. The summed E-state index contributed by atoms with van der Waals surface area (Å²) in [6.07, 6.45) is 0. The quantitative estimate of drug-likeness (QED) is 0.695. The normalized spacial score (nSPS) is 10.4. The topological polar surface area (TPSA) is 56.9 Å². The number of hydrogen-bond donors (Lipinski definition) is 1. The highest BCUT2D eigenvalue weighted by Gasteiger charge is 2.13. The zero-order valence-corrected chi connectivity index (χ0v) is 14.1. The Hall–Kier alpha value is -2.83. The number of phenolic OH excluding ortho intramolecular Hbond substituents is 1. The molecule has 0 radical (unpaired) electrons. The molecule has 1 N–H and O–H groups in total. The highest BCUT2D eigenvalue weighted by Crippen LogP contribution is 2.32. The van der Waals surface area contributed by atoms with Crippen LogP contribution in [0.1, 0.15) is 16.8 Å². The Kier molecular flexibility index (Phi) is 4.24. The molecule has 3 aromatic rings. The fourth-order valence-corrected chi connectivity index (χ4v) is 2.80. The summed E-state index contributed by atoms with van der Waals surface area (Å²) in [6, 6.07) is 16.7. The fraction of sp³-hybridized carbons (Fsp3) is 0.100. The van der Waals surface area contributed by atoms with Gasteiger partial charge in [0.1, 0.15) is 11.8 Å².